The number of amides is 2. The SMILES string of the molecule is CCC(CNC(=O)N(C)Cc1ccccc1Br)C(=O)O. The highest BCUT2D eigenvalue weighted by Gasteiger charge is 2.17. The summed E-state index contributed by atoms with van der Waals surface area (Å²) in [7, 11) is 1.68. The number of rotatable bonds is 6. The molecule has 0 radical (unpaired) electrons. The van der Waals surface area contributed by atoms with Crippen LogP contribution in [0.5, 0.6) is 0 Å². The van der Waals surface area contributed by atoms with Gasteiger partial charge in [0, 0.05) is 24.6 Å². The van der Waals surface area contributed by atoms with E-state index in [9.17, 15) is 9.59 Å². The minimum atomic E-state index is -0.888. The van der Waals surface area contributed by atoms with E-state index in [0.29, 0.717) is 13.0 Å². The molecule has 0 bridgehead atoms. The van der Waals surface area contributed by atoms with Crippen LogP contribution in [0.15, 0.2) is 28.7 Å². The molecule has 110 valence electrons. The molecule has 2 amide bonds. The summed E-state index contributed by atoms with van der Waals surface area (Å²) in [6.07, 6.45) is 0.490. The van der Waals surface area contributed by atoms with Crippen LogP contribution >= 0.6 is 15.9 Å². The highest BCUT2D eigenvalue weighted by atomic mass is 79.9. The van der Waals surface area contributed by atoms with Crippen LogP contribution in [0.25, 0.3) is 0 Å². The van der Waals surface area contributed by atoms with Crippen LogP contribution in [0, 0.1) is 5.92 Å². The van der Waals surface area contributed by atoms with Crippen LogP contribution in [0.2, 0.25) is 0 Å². The van der Waals surface area contributed by atoms with E-state index >= 15 is 0 Å². The topological polar surface area (TPSA) is 69.6 Å². The van der Waals surface area contributed by atoms with Gasteiger partial charge in [0.15, 0.2) is 0 Å². The molecule has 1 aromatic carbocycles. The van der Waals surface area contributed by atoms with E-state index in [2.05, 4.69) is 21.2 Å². The Bertz CT molecular complexity index is 479. The molecule has 0 heterocycles. The number of urea groups is 1. The molecular weight excluding hydrogens is 324 g/mol. The molecular formula is C14H19BrN2O3. The number of carboxylic acids is 1. The summed E-state index contributed by atoms with van der Waals surface area (Å²) in [4.78, 5) is 24.3. The molecule has 6 heteroatoms. The summed E-state index contributed by atoms with van der Waals surface area (Å²) < 4.78 is 0.941. The Hall–Kier alpha value is -1.56. The summed E-state index contributed by atoms with van der Waals surface area (Å²) in [6.45, 7) is 2.39. The lowest BCUT2D eigenvalue weighted by Gasteiger charge is -2.20. The average Bonchev–Trinajstić information content (AvgIpc) is 2.41. The van der Waals surface area contributed by atoms with Crippen LogP contribution in [0.3, 0.4) is 0 Å². The number of aliphatic carboxylic acids is 1. The van der Waals surface area contributed by atoms with Gasteiger partial charge in [0.2, 0.25) is 0 Å². The highest BCUT2D eigenvalue weighted by molar-refractivity contribution is 9.10. The molecule has 1 unspecified atom stereocenters. The van der Waals surface area contributed by atoms with Crippen molar-refractivity contribution >= 4 is 27.9 Å². The van der Waals surface area contributed by atoms with E-state index in [1.54, 1.807) is 14.0 Å². The van der Waals surface area contributed by atoms with Gasteiger partial charge in [-0.1, -0.05) is 41.1 Å². The Kier molecular flexibility index (Phi) is 6.51. The third kappa shape index (κ3) is 4.85. The van der Waals surface area contributed by atoms with Crippen molar-refractivity contribution in [2.75, 3.05) is 13.6 Å². The van der Waals surface area contributed by atoms with Crippen molar-refractivity contribution in [2.45, 2.75) is 19.9 Å². The molecule has 0 aliphatic carbocycles. The lowest BCUT2D eigenvalue weighted by Crippen LogP contribution is -2.40. The molecule has 1 atom stereocenters. The molecule has 0 aliphatic heterocycles. The van der Waals surface area contributed by atoms with Crippen LogP contribution < -0.4 is 5.32 Å². The van der Waals surface area contributed by atoms with Crippen molar-refractivity contribution in [3.63, 3.8) is 0 Å². The van der Waals surface area contributed by atoms with Crippen LogP contribution in [-0.4, -0.2) is 35.6 Å². The second-order valence-electron chi connectivity index (χ2n) is 4.58. The molecule has 5 nitrogen and oxygen atoms in total. The number of halogens is 1. The largest absolute Gasteiger partial charge is 0.481 e. The quantitative estimate of drug-likeness (QED) is 0.834. The Morgan fingerprint density at radius 3 is 2.60 bits per heavy atom. The number of nitrogens with zero attached hydrogens (tertiary/aromatic N) is 1. The third-order valence-electron chi connectivity index (χ3n) is 3.05. The first-order valence-corrected chi connectivity index (χ1v) is 7.20. The van der Waals surface area contributed by atoms with Gasteiger partial charge < -0.3 is 15.3 Å². The predicted molar refractivity (Wildman–Crippen MR) is 80.4 cm³/mol. The second-order valence-corrected chi connectivity index (χ2v) is 5.43. The number of hydrogen-bond donors (Lipinski definition) is 2. The predicted octanol–water partition coefficient (Wildman–Crippen LogP) is 2.70. The highest BCUT2D eigenvalue weighted by Crippen LogP contribution is 2.17. The van der Waals surface area contributed by atoms with Crippen LogP contribution in [0.4, 0.5) is 4.79 Å². The van der Waals surface area contributed by atoms with Gasteiger partial charge in [0.05, 0.1) is 5.92 Å². The van der Waals surface area contributed by atoms with Crippen molar-refractivity contribution < 1.29 is 14.7 Å². The first kappa shape index (κ1) is 16.5. The number of nitrogens with one attached hydrogen (secondary N) is 1. The number of carbonyl (C=O) groups excluding carboxylic acids is 1. The monoisotopic (exact) mass is 342 g/mol. The van der Waals surface area contributed by atoms with E-state index in [4.69, 9.17) is 5.11 Å². The number of carbonyl (C=O) groups is 2. The zero-order valence-corrected chi connectivity index (χ0v) is 13.2. The fraction of sp³-hybridized carbons (Fsp3) is 0.429. The molecule has 2 N–H and O–H groups in total. The minimum Gasteiger partial charge on any atom is -0.481 e. The summed E-state index contributed by atoms with van der Waals surface area (Å²) in [5.41, 5.74) is 0.996. The van der Waals surface area contributed by atoms with Gasteiger partial charge in [0.1, 0.15) is 0 Å². The van der Waals surface area contributed by atoms with Crippen LogP contribution in [0.1, 0.15) is 18.9 Å². The summed E-state index contributed by atoms with van der Waals surface area (Å²) in [6, 6.07) is 7.38. The molecule has 0 saturated carbocycles. The Morgan fingerprint density at radius 1 is 1.40 bits per heavy atom. The zero-order chi connectivity index (χ0) is 15.1. The molecule has 1 aromatic rings. The smallest absolute Gasteiger partial charge is 0.317 e. The van der Waals surface area contributed by atoms with Gasteiger partial charge in [-0.15, -0.1) is 0 Å². The number of hydrogen-bond acceptors (Lipinski definition) is 2. The van der Waals surface area contributed by atoms with Gasteiger partial charge in [-0.3, -0.25) is 4.79 Å². The van der Waals surface area contributed by atoms with Gasteiger partial charge in [0.25, 0.3) is 0 Å². The van der Waals surface area contributed by atoms with Gasteiger partial charge in [-0.25, -0.2) is 4.79 Å². The fourth-order valence-electron chi connectivity index (χ4n) is 1.71. The number of benzene rings is 1. The van der Waals surface area contributed by atoms with Crippen LogP contribution in [-0.2, 0) is 11.3 Å². The molecule has 0 spiro atoms. The van der Waals surface area contributed by atoms with E-state index in [1.165, 1.54) is 4.90 Å². The molecule has 0 aromatic heterocycles. The lowest BCUT2D eigenvalue weighted by atomic mass is 10.1. The van der Waals surface area contributed by atoms with Crippen molar-refractivity contribution in [1.82, 2.24) is 10.2 Å². The molecule has 0 fully saturated rings. The first-order chi connectivity index (χ1) is 9.45. The van der Waals surface area contributed by atoms with Crippen molar-refractivity contribution in [3.8, 4) is 0 Å². The van der Waals surface area contributed by atoms with E-state index in [-0.39, 0.29) is 12.6 Å². The van der Waals surface area contributed by atoms with E-state index < -0.39 is 11.9 Å². The maximum atomic E-state index is 11.9. The fourth-order valence-corrected chi connectivity index (χ4v) is 2.12. The Morgan fingerprint density at radius 2 is 2.05 bits per heavy atom. The lowest BCUT2D eigenvalue weighted by molar-refractivity contribution is -0.141. The Balaban J connectivity index is 2.51. The van der Waals surface area contributed by atoms with E-state index in [0.717, 1.165) is 10.0 Å². The second kappa shape index (κ2) is 7.89. The minimum absolute atomic E-state index is 0.144. The third-order valence-corrected chi connectivity index (χ3v) is 3.83. The molecule has 1 rings (SSSR count). The van der Waals surface area contributed by atoms with Crippen molar-refractivity contribution in [1.29, 1.82) is 0 Å². The zero-order valence-electron chi connectivity index (χ0n) is 11.6. The standard InChI is InChI=1S/C14H19BrN2O3/c1-3-10(13(18)19)8-16-14(20)17(2)9-11-6-4-5-7-12(11)15/h4-7,10H,3,8-9H2,1-2H3,(H,16,20)(H,18,19). The van der Waals surface area contributed by atoms with Gasteiger partial charge in [-0.2, -0.15) is 0 Å². The maximum Gasteiger partial charge on any atom is 0.317 e. The Labute approximate surface area is 127 Å². The summed E-state index contributed by atoms with van der Waals surface area (Å²) >= 11 is 3.43. The normalized spacial score (nSPS) is 11.8. The molecule has 0 saturated heterocycles. The number of carboxylic acid groups (broad SMARTS) is 1. The maximum absolute atomic E-state index is 11.9. The molecule has 0 aliphatic rings. The molecule has 20 heavy (non-hydrogen) atoms. The van der Waals surface area contributed by atoms with Gasteiger partial charge >= 0.3 is 12.0 Å². The van der Waals surface area contributed by atoms with Crippen molar-refractivity contribution in [3.05, 3.63) is 34.3 Å². The summed E-state index contributed by atoms with van der Waals surface area (Å²) in [5, 5.41) is 11.6. The first-order valence-electron chi connectivity index (χ1n) is 6.40. The summed E-state index contributed by atoms with van der Waals surface area (Å²) in [5.74, 6) is -1.43. The average molecular weight is 343 g/mol. The van der Waals surface area contributed by atoms with Crippen molar-refractivity contribution in [2.24, 2.45) is 5.92 Å². The van der Waals surface area contributed by atoms with Gasteiger partial charge in [-0.05, 0) is 18.1 Å². The van der Waals surface area contributed by atoms with E-state index in [1.807, 2.05) is 24.3 Å².